The number of anilines is 1. The minimum absolute atomic E-state index is 0.0393. The predicted octanol–water partition coefficient (Wildman–Crippen LogP) is 3.70. The van der Waals surface area contributed by atoms with E-state index in [0.29, 0.717) is 29.5 Å². The SMILES string of the molecule is Cc1cc(CCNc2ccc(Cl)nc2C2CCN(C)CC2)c2c(c1)c(=O)n(C)c1c2cnn1CCO. The van der Waals surface area contributed by atoms with Gasteiger partial charge in [0.15, 0.2) is 0 Å². The predicted molar refractivity (Wildman–Crippen MR) is 145 cm³/mol. The number of likely N-dealkylation sites (tertiary alicyclic amines) is 1. The summed E-state index contributed by atoms with van der Waals surface area (Å²) in [7, 11) is 3.92. The fraction of sp³-hybridized carbons (Fsp3) is 0.444. The number of rotatable bonds is 7. The van der Waals surface area contributed by atoms with Crippen LogP contribution in [0.5, 0.6) is 0 Å². The van der Waals surface area contributed by atoms with Crippen molar-refractivity contribution in [2.75, 3.05) is 38.6 Å². The van der Waals surface area contributed by atoms with E-state index in [1.807, 2.05) is 25.1 Å². The Morgan fingerprint density at radius 3 is 2.69 bits per heavy atom. The standard InChI is InChI=1S/C27H33ClN6O2/c1-17-14-19(24-20(15-17)27(36)33(3)26-21(24)16-30-34(26)12-13-35)6-9-29-22-4-5-23(28)31-25(22)18-7-10-32(2)11-8-18/h4-5,14-16,18,29,35H,6-13H2,1-3H3. The summed E-state index contributed by atoms with van der Waals surface area (Å²) >= 11 is 6.28. The third-order valence-corrected chi connectivity index (χ3v) is 7.53. The van der Waals surface area contributed by atoms with Gasteiger partial charge in [-0.15, -0.1) is 0 Å². The maximum Gasteiger partial charge on any atom is 0.259 e. The highest BCUT2D eigenvalue weighted by molar-refractivity contribution is 6.29. The Labute approximate surface area is 215 Å². The molecule has 0 atom stereocenters. The van der Waals surface area contributed by atoms with Crippen molar-refractivity contribution < 1.29 is 5.11 Å². The molecule has 9 heteroatoms. The Hall–Kier alpha value is -2.94. The van der Waals surface area contributed by atoms with Gasteiger partial charge in [-0.3, -0.25) is 9.36 Å². The van der Waals surface area contributed by atoms with E-state index < -0.39 is 0 Å². The van der Waals surface area contributed by atoms with E-state index in [4.69, 9.17) is 16.6 Å². The summed E-state index contributed by atoms with van der Waals surface area (Å²) in [4.78, 5) is 20.3. The van der Waals surface area contributed by atoms with Crippen LogP contribution >= 0.6 is 11.6 Å². The van der Waals surface area contributed by atoms with E-state index in [9.17, 15) is 9.90 Å². The van der Waals surface area contributed by atoms with Gasteiger partial charge in [0, 0.05) is 35.7 Å². The number of nitrogens with zero attached hydrogens (tertiary/aromatic N) is 5. The topological polar surface area (TPSA) is 88.2 Å². The second-order valence-electron chi connectivity index (χ2n) is 9.86. The monoisotopic (exact) mass is 508 g/mol. The van der Waals surface area contributed by atoms with Crippen molar-refractivity contribution in [3.8, 4) is 0 Å². The van der Waals surface area contributed by atoms with Crippen molar-refractivity contribution in [3.05, 3.63) is 62.8 Å². The Bertz CT molecular complexity index is 1470. The fourth-order valence-electron chi connectivity index (χ4n) is 5.51. The molecule has 0 radical (unpaired) electrons. The maximum absolute atomic E-state index is 13.3. The molecule has 36 heavy (non-hydrogen) atoms. The molecular weight excluding hydrogens is 476 g/mol. The lowest BCUT2D eigenvalue weighted by Crippen LogP contribution is -2.30. The van der Waals surface area contributed by atoms with Crippen LogP contribution in [0.25, 0.3) is 21.8 Å². The first-order valence-electron chi connectivity index (χ1n) is 12.5. The molecule has 8 nitrogen and oxygen atoms in total. The summed E-state index contributed by atoms with van der Waals surface area (Å²) in [6.07, 6.45) is 4.68. The minimum atomic E-state index is -0.0541. The molecule has 1 saturated heterocycles. The highest BCUT2D eigenvalue weighted by Gasteiger charge is 2.23. The van der Waals surface area contributed by atoms with E-state index in [1.165, 1.54) is 0 Å². The Morgan fingerprint density at radius 1 is 1.17 bits per heavy atom. The van der Waals surface area contributed by atoms with Crippen LogP contribution in [0.2, 0.25) is 5.15 Å². The van der Waals surface area contributed by atoms with Gasteiger partial charge < -0.3 is 15.3 Å². The number of hydrogen-bond acceptors (Lipinski definition) is 6. The summed E-state index contributed by atoms with van der Waals surface area (Å²) in [6.45, 7) is 5.14. The number of aliphatic hydroxyl groups is 1. The smallest absolute Gasteiger partial charge is 0.259 e. The fourth-order valence-corrected chi connectivity index (χ4v) is 5.67. The largest absolute Gasteiger partial charge is 0.394 e. The second-order valence-corrected chi connectivity index (χ2v) is 10.2. The number of piperidine rings is 1. The van der Waals surface area contributed by atoms with Gasteiger partial charge in [0.1, 0.15) is 10.8 Å². The van der Waals surface area contributed by atoms with Crippen molar-refractivity contribution in [1.29, 1.82) is 0 Å². The van der Waals surface area contributed by atoms with E-state index in [-0.39, 0.29) is 12.2 Å². The number of halogens is 1. The molecule has 1 aromatic carbocycles. The molecule has 1 fully saturated rings. The molecule has 0 bridgehead atoms. The zero-order valence-electron chi connectivity index (χ0n) is 21.1. The third-order valence-electron chi connectivity index (χ3n) is 7.32. The van der Waals surface area contributed by atoms with Crippen molar-refractivity contribution in [2.24, 2.45) is 7.05 Å². The first-order chi connectivity index (χ1) is 17.4. The molecular formula is C27H33ClN6O2. The number of aliphatic hydroxyl groups excluding tert-OH is 1. The van der Waals surface area contributed by atoms with Crippen LogP contribution in [0.4, 0.5) is 5.69 Å². The number of aryl methyl sites for hydroxylation is 2. The molecule has 0 amide bonds. The summed E-state index contributed by atoms with van der Waals surface area (Å²) in [5.74, 6) is 0.391. The molecule has 0 spiro atoms. The number of pyridine rings is 2. The Kier molecular flexibility index (Phi) is 7.01. The molecule has 4 heterocycles. The van der Waals surface area contributed by atoms with Gasteiger partial charge in [0.2, 0.25) is 0 Å². The van der Waals surface area contributed by atoms with Crippen LogP contribution in [0, 0.1) is 6.92 Å². The van der Waals surface area contributed by atoms with Gasteiger partial charge in [-0.1, -0.05) is 23.2 Å². The average molecular weight is 509 g/mol. The quantitative estimate of drug-likeness (QED) is 0.370. The highest BCUT2D eigenvalue weighted by atomic mass is 35.5. The molecule has 190 valence electrons. The van der Waals surface area contributed by atoms with Crippen LogP contribution in [0.15, 0.2) is 35.3 Å². The lowest BCUT2D eigenvalue weighted by Gasteiger charge is -2.29. The van der Waals surface area contributed by atoms with Crippen LogP contribution in [-0.4, -0.2) is 62.6 Å². The molecule has 3 aromatic heterocycles. The number of benzene rings is 1. The van der Waals surface area contributed by atoms with E-state index in [2.05, 4.69) is 28.4 Å². The van der Waals surface area contributed by atoms with Crippen LogP contribution in [-0.2, 0) is 20.0 Å². The van der Waals surface area contributed by atoms with Crippen LogP contribution < -0.4 is 10.9 Å². The van der Waals surface area contributed by atoms with E-state index in [1.54, 1.807) is 22.5 Å². The first kappa shape index (κ1) is 24.7. The van der Waals surface area contributed by atoms with Gasteiger partial charge in [-0.05, 0) is 70.1 Å². The summed E-state index contributed by atoms with van der Waals surface area (Å²) in [6, 6.07) is 7.99. The van der Waals surface area contributed by atoms with E-state index in [0.717, 1.165) is 71.3 Å². The number of fused-ring (bicyclic) bond motifs is 3. The van der Waals surface area contributed by atoms with Crippen molar-refractivity contribution in [2.45, 2.75) is 38.6 Å². The lowest BCUT2D eigenvalue weighted by molar-refractivity contribution is 0.253. The Morgan fingerprint density at radius 2 is 1.94 bits per heavy atom. The zero-order valence-corrected chi connectivity index (χ0v) is 21.8. The van der Waals surface area contributed by atoms with Gasteiger partial charge in [-0.2, -0.15) is 5.10 Å². The van der Waals surface area contributed by atoms with Crippen LogP contribution in [0.1, 0.15) is 35.6 Å². The summed E-state index contributed by atoms with van der Waals surface area (Å²) < 4.78 is 3.33. The molecule has 2 N–H and O–H groups in total. The zero-order chi connectivity index (χ0) is 25.4. The van der Waals surface area contributed by atoms with Crippen LogP contribution in [0.3, 0.4) is 0 Å². The lowest BCUT2D eigenvalue weighted by atomic mass is 9.92. The molecule has 4 aromatic rings. The minimum Gasteiger partial charge on any atom is -0.394 e. The van der Waals surface area contributed by atoms with Crippen molar-refractivity contribution in [3.63, 3.8) is 0 Å². The second kappa shape index (κ2) is 10.2. The average Bonchev–Trinajstić information content (AvgIpc) is 3.27. The van der Waals surface area contributed by atoms with Gasteiger partial charge in [0.25, 0.3) is 5.56 Å². The maximum atomic E-state index is 13.3. The molecule has 5 rings (SSSR count). The molecule has 0 unspecified atom stereocenters. The van der Waals surface area contributed by atoms with E-state index >= 15 is 0 Å². The highest BCUT2D eigenvalue weighted by Crippen LogP contribution is 2.33. The molecule has 0 aliphatic carbocycles. The molecule has 0 saturated carbocycles. The van der Waals surface area contributed by atoms with Gasteiger partial charge >= 0.3 is 0 Å². The van der Waals surface area contributed by atoms with Crippen molar-refractivity contribution in [1.82, 2.24) is 24.2 Å². The molecule has 1 aliphatic heterocycles. The first-order valence-corrected chi connectivity index (χ1v) is 12.9. The number of nitrogens with one attached hydrogen (secondary N) is 1. The summed E-state index contributed by atoms with van der Waals surface area (Å²) in [5.41, 5.74) is 4.91. The summed E-state index contributed by atoms with van der Waals surface area (Å²) in [5, 5.41) is 20.6. The number of hydrogen-bond donors (Lipinski definition) is 2. The van der Waals surface area contributed by atoms with Gasteiger partial charge in [-0.25, -0.2) is 9.67 Å². The Balaban J connectivity index is 1.47. The molecule has 1 aliphatic rings. The third kappa shape index (κ3) is 4.61. The van der Waals surface area contributed by atoms with Crippen molar-refractivity contribution >= 4 is 39.1 Å². The van der Waals surface area contributed by atoms with Gasteiger partial charge in [0.05, 0.1) is 30.7 Å². The number of aromatic nitrogens is 4. The normalized spacial score (nSPS) is 15.2.